The minimum atomic E-state index is -0.325. The van der Waals surface area contributed by atoms with Crippen LogP contribution in [0.25, 0.3) is 0 Å². The van der Waals surface area contributed by atoms with Crippen LogP contribution in [0.3, 0.4) is 0 Å². The number of halogens is 1. The van der Waals surface area contributed by atoms with Crippen LogP contribution in [0.1, 0.15) is 23.0 Å². The van der Waals surface area contributed by atoms with Crippen LogP contribution < -0.4 is 0 Å². The van der Waals surface area contributed by atoms with Gasteiger partial charge in [-0.3, -0.25) is 9.69 Å². The molecular weight excluding hydrogens is 246 g/mol. The normalized spacial score (nSPS) is 13.1. The third-order valence-electron chi connectivity index (χ3n) is 2.19. The van der Waals surface area contributed by atoms with E-state index in [2.05, 4.69) is 0 Å². The average Bonchev–Trinajstić information content (AvgIpc) is 2.62. The maximum atomic E-state index is 11.8. The van der Waals surface area contributed by atoms with Crippen molar-refractivity contribution in [2.45, 2.75) is 19.4 Å². The molecule has 90 valence electrons. The molecule has 0 aliphatic rings. The zero-order valence-electron chi connectivity index (χ0n) is 9.44. The number of carbonyl (C=O) groups is 1. The molecule has 1 aromatic rings. The van der Waals surface area contributed by atoms with E-state index in [0.717, 1.165) is 0 Å². The van der Waals surface area contributed by atoms with E-state index in [1.807, 2.05) is 11.9 Å². The van der Waals surface area contributed by atoms with Crippen molar-refractivity contribution in [3.05, 3.63) is 21.3 Å². The number of ketones is 1. The van der Waals surface area contributed by atoms with Gasteiger partial charge in [0.05, 0.1) is 21.9 Å². The number of hydrogen-bond donors (Lipinski definition) is 1. The van der Waals surface area contributed by atoms with Gasteiger partial charge in [0, 0.05) is 6.54 Å². The molecule has 0 saturated heterocycles. The van der Waals surface area contributed by atoms with Gasteiger partial charge >= 0.3 is 0 Å². The van der Waals surface area contributed by atoms with Crippen molar-refractivity contribution in [2.75, 3.05) is 20.1 Å². The number of likely N-dealkylation sites (N-methyl/N-ethyl adjacent to an activating group) is 1. The predicted molar refractivity (Wildman–Crippen MR) is 67.5 cm³/mol. The molecule has 0 bridgehead atoms. The summed E-state index contributed by atoms with van der Waals surface area (Å²) in [7, 11) is 1.87. The summed E-state index contributed by atoms with van der Waals surface area (Å²) in [6.45, 7) is 2.82. The van der Waals surface area contributed by atoms with E-state index in [4.69, 9.17) is 16.7 Å². The molecule has 1 unspecified atom stereocenters. The first-order chi connectivity index (χ1) is 7.49. The highest BCUT2D eigenvalue weighted by molar-refractivity contribution is 7.18. The fourth-order valence-electron chi connectivity index (χ4n) is 1.27. The summed E-state index contributed by atoms with van der Waals surface area (Å²) in [5.41, 5.74) is 0. The van der Waals surface area contributed by atoms with Crippen LogP contribution >= 0.6 is 22.9 Å². The first-order valence-corrected chi connectivity index (χ1v) is 6.33. The molecule has 3 nitrogen and oxygen atoms in total. The lowest BCUT2D eigenvalue weighted by atomic mass is 10.2. The fraction of sp³-hybridized carbons (Fsp3) is 0.545. The maximum Gasteiger partial charge on any atom is 0.186 e. The van der Waals surface area contributed by atoms with Gasteiger partial charge < -0.3 is 5.11 Å². The summed E-state index contributed by atoms with van der Waals surface area (Å²) in [5.74, 6) is 0.0741. The van der Waals surface area contributed by atoms with Crippen LogP contribution in [-0.4, -0.2) is 42.0 Å². The number of aliphatic hydroxyl groups excluding tert-OH is 1. The Morgan fingerprint density at radius 3 is 2.81 bits per heavy atom. The highest BCUT2D eigenvalue weighted by atomic mass is 35.5. The molecule has 16 heavy (non-hydrogen) atoms. The number of Topliss-reactive ketones (excluding diaryl/α,β-unsaturated/α-hetero) is 1. The third-order valence-corrected chi connectivity index (χ3v) is 3.46. The smallest absolute Gasteiger partial charge is 0.186 e. The molecular formula is C11H16ClNO2S. The molecule has 0 aliphatic carbocycles. The highest BCUT2D eigenvalue weighted by Crippen LogP contribution is 2.21. The predicted octanol–water partition coefficient (Wildman–Crippen LogP) is 2.29. The second kappa shape index (κ2) is 6.35. The lowest BCUT2D eigenvalue weighted by molar-refractivity contribution is 0.0935. The first-order valence-electron chi connectivity index (χ1n) is 5.14. The van der Waals surface area contributed by atoms with Crippen LogP contribution in [0.4, 0.5) is 0 Å². The van der Waals surface area contributed by atoms with Crippen molar-refractivity contribution in [1.29, 1.82) is 0 Å². The molecule has 0 amide bonds. The van der Waals surface area contributed by atoms with Gasteiger partial charge in [0.2, 0.25) is 0 Å². The summed E-state index contributed by atoms with van der Waals surface area (Å²) in [6.07, 6.45) is 0.350. The fourth-order valence-corrected chi connectivity index (χ4v) is 2.25. The first kappa shape index (κ1) is 13.6. The van der Waals surface area contributed by atoms with Crippen molar-refractivity contribution < 1.29 is 9.90 Å². The second-order valence-electron chi connectivity index (χ2n) is 3.90. The Balaban J connectivity index is 2.39. The van der Waals surface area contributed by atoms with Crippen molar-refractivity contribution >= 4 is 28.7 Å². The van der Waals surface area contributed by atoms with E-state index in [-0.39, 0.29) is 11.9 Å². The van der Waals surface area contributed by atoms with Gasteiger partial charge in [0.1, 0.15) is 0 Å². The molecule has 5 heteroatoms. The number of aliphatic hydroxyl groups is 1. The van der Waals surface area contributed by atoms with Gasteiger partial charge in [-0.15, -0.1) is 11.3 Å². The van der Waals surface area contributed by atoms with Gasteiger partial charge in [-0.05, 0) is 32.5 Å². The summed E-state index contributed by atoms with van der Waals surface area (Å²) in [4.78, 5) is 14.4. The lowest BCUT2D eigenvalue weighted by Gasteiger charge is -2.15. The molecule has 0 saturated carbocycles. The Morgan fingerprint density at radius 2 is 2.31 bits per heavy atom. The minimum absolute atomic E-state index is 0.0741. The van der Waals surface area contributed by atoms with Crippen LogP contribution in [0.2, 0.25) is 4.34 Å². The molecule has 0 aliphatic heterocycles. The number of nitrogens with zero attached hydrogens (tertiary/aromatic N) is 1. The molecule has 0 radical (unpaired) electrons. The van der Waals surface area contributed by atoms with E-state index in [9.17, 15) is 4.79 Å². The molecule has 1 atom stereocenters. The summed E-state index contributed by atoms with van der Waals surface area (Å²) in [6, 6.07) is 3.48. The van der Waals surface area contributed by atoms with E-state index in [1.165, 1.54) is 11.3 Å². The number of hydrogen-bond acceptors (Lipinski definition) is 4. The summed E-state index contributed by atoms with van der Waals surface area (Å²) < 4.78 is 0.634. The van der Waals surface area contributed by atoms with Crippen LogP contribution in [0, 0.1) is 0 Å². The van der Waals surface area contributed by atoms with Crippen molar-refractivity contribution in [3.8, 4) is 0 Å². The number of thiophene rings is 1. The topological polar surface area (TPSA) is 40.5 Å². The van der Waals surface area contributed by atoms with Gasteiger partial charge in [-0.1, -0.05) is 11.6 Å². The van der Waals surface area contributed by atoms with Crippen molar-refractivity contribution in [3.63, 3.8) is 0 Å². The maximum absolute atomic E-state index is 11.8. The minimum Gasteiger partial charge on any atom is -0.393 e. The van der Waals surface area contributed by atoms with Crippen LogP contribution in [0.5, 0.6) is 0 Å². The highest BCUT2D eigenvalue weighted by Gasteiger charge is 2.11. The number of carbonyl (C=O) groups excluding carboxylic acids is 1. The second-order valence-corrected chi connectivity index (χ2v) is 5.62. The largest absolute Gasteiger partial charge is 0.393 e. The van der Waals surface area contributed by atoms with Gasteiger partial charge in [0.25, 0.3) is 0 Å². The molecule has 0 aromatic carbocycles. The van der Waals surface area contributed by atoms with Gasteiger partial charge in [0.15, 0.2) is 5.78 Å². The molecule has 1 aromatic heterocycles. The Morgan fingerprint density at radius 1 is 1.62 bits per heavy atom. The molecule has 0 fully saturated rings. The number of rotatable bonds is 6. The van der Waals surface area contributed by atoms with Crippen molar-refractivity contribution in [2.24, 2.45) is 0 Å². The average molecular weight is 262 g/mol. The van der Waals surface area contributed by atoms with Gasteiger partial charge in [-0.2, -0.15) is 0 Å². The molecule has 0 spiro atoms. The van der Waals surface area contributed by atoms with Crippen LogP contribution in [0.15, 0.2) is 12.1 Å². The zero-order chi connectivity index (χ0) is 12.1. The standard InChI is InChI=1S/C11H16ClNO2S/c1-8(14)5-6-13(2)7-9(15)10-3-4-11(12)16-10/h3-4,8,14H,5-7H2,1-2H3. The Kier molecular flexibility index (Phi) is 5.41. The molecule has 1 rings (SSSR count). The van der Waals surface area contributed by atoms with E-state index in [1.54, 1.807) is 19.1 Å². The van der Waals surface area contributed by atoms with Crippen molar-refractivity contribution in [1.82, 2.24) is 4.90 Å². The summed E-state index contributed by atoms with van der Waals surface area (Å²) in [5, 5.41) is 9.13. The lowest BCUT2D eigenvalue weighted by Crippen LogP contribution is -2.28. The summed E-state index contributed by atoms with van der Waals surface area (Å²) >= 11 is 7.07. The quantitative estimate of drug-likeness (QED) is 0.799. The monoisotopic (exact) mass is 261 g/mol. The Bertz CT molecular complexity index is 352. The Hall–Kier alpha value is -0.420. The SMILES string of the molecule is CC(O)CCN(C)CC(=O)c1ccc(Cl)s1. The van der Waals surface area contributed by atoms with Crippen LogP contribution in [-0.2, 0) is 0 Å². The zero-order valence-corrected chi connectivity index (χ0v) is 11.0. The van der Waals surface area contributed by atoms with E-state index in [0.29, 0.717) is 28.7 Å². The van der Waals surface area contributed by atoms with E-state index < -0.39 is 0 Å². The Labute approximate surface area is 105 Å². The van der Waals surface area contributed by atoms with E-state index >= 15 is 0 Å². The molecule has 1 N–H and O–H groups in total. The third kappa shape index (κ3) is 4.61. The van der Waals surface area contributed by atoms with Gasteiger partial charge in [-0.25, -0.2) is 0 Å². The molecule has 1 heterocycles.